The number of benzene rings is 2. The van der Waals surface area contributed by atoms with Crippen molar-refractivity contribution in [3.8, 4) is 23.8 Å². The van der Waals surface area contributed by atoms with Gasteiger partial charge >= 0.3 is 0 Å². The first kappa shape index (κ1) is 21.8. The fourth-order valence-corrected chi connectivity index (χ4v) is 4.19. The van der Waals surface area contributed by atoms with Crippen molar-refractivity contribution in [3.63, 3.8) is 0 Å². The van der Waals surface area contributed by atoms with Crippen molar-refractivity contribution in [1.29, 1.82) is 0 Å². The number of terminal acetylenes is 1. The summed E-state index contributed by atoms with van der Waals surface area (Å²) >= 11 is 3.36. The van der Waals surface area contributed by atoms with E-state index in [9.17, 15) is 4.79 Å². The van der Waals surface area contributed by atoms with E-state index in [0.717, 1.165) is 26.9 Å². The number of ether oxygens (including phenoxy) is 2. The lowest BCUT2D eigenvalue weighted by Crippen LogP contribution is -2.22. The largest absolute Gasteiger partial charge is 0.493 e. The Hall–Kier alpha value is -2.95. The monoisotopic (exact) mass is 438 g/mol. The molecule has 0 fully saturated rings. The molecule has 5 nitrogen and oxygen atoms in total. The van der Waals surface area contributed by atoms with Crippen LogP contribution >= 0.6 is 23.1 Å². The highest BCUT2D eigenvalue weighted by molar-refractivity contribution is 7.98. The number of hydrogen-bond donors (Lipinski definition) is 1. The lowest BCUT2D eigenvalue weighted by molar-refractivity contribution is 0.0951. The number of rotatable bonds is 9. The highest BCUT2D eigenvalue weighted by atomic mass is 32.2. The van der Waals surface area contributed by atoms with Crippen molar-refractivity contribution < 1.29 is 14.3 Å². The Bertz CT molecular complexity index is 1040. The van der Waals surface area contributed by atoms with E-state index in [4.69, 9.17) is 15.9 Å². The second-order valence-electron chi connectivity index (χ2n) is 6.33. The number of amides is 1. The molecule has 0 unspecified atom stereocenters. The summed E-state index contributed by atoms with van der Waals surface area (Å²) in [5, 5.41) is 6.07. The third-order valence-electron chi connectivity index (χ3n) is 4.16. The van der Waals surface area contributed by atoms with Crippen molar-refractivity contribution in [2.45, 2.75) is 24.1 Å². The smallest absolute Gasteiger partial charge is 0.251 e. The standard InChI is InChI=1S/C23H22N2O3S2/c1-4-11-28-22-12-17(5-10-21(22)27-3)13-24-23(26)18-6-8-20(9-7-18)30-15-19-14-29-16(2)25-19/h1,5-10,12,14H,11,13,15H2,2-3H3,(H,24,26). The molecular weight excluding hydrogens is 416 g/mol. The Kier molecular flexibility index (Phi) is 7.77. The van der Waals surface area contributed by atoms with E-state index >= 15 is 0 Å². The summed E-state index contributed by atoms with van der Waals surface area (Å²) < 4.78 is 10.8. The summed E-state index contributed by atoms with van der Waals surface area (Å²) in [6.07, 6.45) is 5.25. The normalized spacial score (nSPS) is 10.3. The summed E-state index contributed by atoms with van der Waals surface area (Å²) in [6, 6.07) is 13.1. The molecule has 0 radical (unpaired) electrons. The van der Waals surface area contributed by atoms with E-state index in [1.807, 2.05) is 43.3 Å². The lowest BCUT2D eigenvalue weighted by Gasteiger charge is -2.11. The molecule has 0 spiro atoms. The van der Waals surface area contributed by atoms with E-state index in [-0.39, 0.29) is 12.5 Å². The molecule has 0 saturated heterocycles. The van der Waals surface area contributed by atoms with Crippen LogP contribution in [0.2, 0.25) is 0 Å². The maximum Gasteiger partial charge on any atom is 0.251 e. The van der Waals surface area contributed by atoms with E-state index in [1.165, 1.54) is 0 Å². The van der Waals surface area contributed by atoms with E-state index in [0.29, 0.717) is 23.6 Å². The molecule has 7 heteroatoms. The Morgan fingerprint density at radius 3 is 2.70 bits per heavy atom. The van der Waals surface area contributed by atoms with E-state index < -0.39 is 0 Å². The average molecular weight is 439 g/mol. The number of nitrogens with zero attached hydrogens (tertiary/aromatic N) is 1. The molecular formula is C23H22N2O3S2. The topological polar surface area (TPSA) is 60.5 Å². The Morgan fingerprint density at radius 2 is 2.03 bits per heavy atom. The number of hydrogen-bond acceptors (Lipinski definition) is 6. The predicted molar refractivity (Wildman–Crippen MR) is 121 cm³/mol. The van der Waals surface area contributed by atoms with Gasteiger partial charge in [0.15, 0.2) is 11.5 Å². The van der Waals surface area contributed by atoms with Gasteiger partial charge in [-0.15, -0.1) is 29.5 Å². The third-order valence-corrected chi connectivity index (χ3v) is 6.03. The summed E-state index contributed by atoms with van der Waals surface area (Å²) in [5.41, 5.74) is 2.58. The quantitative estimate of drug-likeness (QED) is 0.388. The van der Waals surface area contributed by atoms with Gasteiger partial charge in [0.25, 0.3) is 5.91 Å². The fourth-order valence-electron chi connectivity index (χ4n) is 2.68. The molecule has 1 N–H and O–H groups in total. The Morgan fingerprint density at radius 1 is 1.23 bits per heavy atom. The SMILES string of the molecule is C#CCOc1cc(CNC(=O)c2ccc(SCc3csc(C)n3)cc2)ccc1OC. The molecule has 3 rings (SSSR count). The van der Waals surface area contributed by atoms with Crippen molar-refractivity contribution in [1.82, 2.24) is 10.3 Å². The van der Waals surface area contributed by atoms with Gasteiger partial charge in [-0.25, -0.2) is 4.98 Å². The van der Waals surface area contributed by atoms with Crippen LogP contribution in [0.25, 0.3) is 0 Å². The first-order chi connectivity index (χ1) is 14.6. The maximum atomic E-state index is 12.5. The van der Waals surface area contributed by atoms with Gasteiger partial charge < -0.3 is 14.8 Å². The van der Waals surface area contributed by atoms with Crippen LogP contribution in [-0.4, -0.2) is 24.6 Å². The number of methoxy groups -OCH3 is 1. The number of nitrogens with one attached hydrogen (secondary N) is 1. The lowest BCUT2D eigenvalue weighted by atomic mass is 10.1. The van der Waals surface area contributed by atoms with Gasteiger partial charge in [0, 0.05) is 28.1 Å². The minimum Gasteiger partial charge on any atom is -0.493 e. The summed E-state index contributed by atoms with van der Waals surface area (Å²) in [6.45, 7) is 2.52. The number of carbonyl (C=O) groups excluding carboxylic acids is 1. The molecule has 154 valence electrons. The average Bonchev–Trinajstić information content (AvgIpc) is 3.20. The molecule has 0 bridgehead atoms. The predicted octanol–water partition coefficient (Wildman–Crippen LogP) is 4.69. The minimum atomic E-state index is -0.136. The number of aryl methyl sites for hydroxylation is 1. The van der Waals surface area contributed by atoms with Crippen molar-refractivity contribution in [2.75, 3.05) is 13.7 Å². The fraction of sp³-hybridized carbons (Fsp3) is 0.217. The molecule has 0 saturated carbocycles. The van der Waals surface area contributed by atoms with Gasteiger partial charge in [0.05, 0.1) is 17.8 Å². The zero-order valence-electron chi connectivity index (χ0n) is 16.8. The van der Waals surface area contributed by atoms with Gasteiger partial charge in [0.2, 0.25) is 0 Å². The molecule has 1 amide bonds. The number of carbonyl (C=O) groups is 1. The number of aromatic nitrogens is 1. The minimum absolute atomic E-state index is 0.136. The molecule has 2 aromatic carbocycles. The molecule has 30 heavy (non-hydrogen) atoms. The highest BCUT2D eigenvalue weighted by Crippen LogP contribution is 2.28. The van der Waals surface area contributed by atoms with Gasteiger partial charge in [-0.2, -0.15) is 0 Å². The van der Waals surface area contributed by atoms with Crippen LogP contribution in [0.3, 0.4) is 0 Å². The van der Waals surface area contributed by atoms with Crippen molar-refractivity contribution in [3.05, 3.63) is 69.7 Å². The molecule has 3 aromatic rings. The zero-order valence-corrected chi connectivity index (χ0v) is 18.4. The van der Waals surface area contributed by atoms with Crippen LogP contribution in [-0.2, 0) is 12.3 Å². The van der Waals surface area contributed by atoms with Gasteiger partial charge in [-0.3, -0.25) is 4.79 Å². The molecule has 1 heterocycles. The Labute approximate surface area is 184 Å². The van der Waals surface area contributed by atoms with Gasteiger partial charge in [0.1, 0.15) is 6.61 Å². The maximum absolute atomic E-state index is 12.5. The van der Waals surface area contributed by atoms with Crippen LogP contribution in [0, 0.1) is 19.3 Å². The first-order valence-electron chi connectivity index (χ1n) is 9.24. The summed E-state index contributed by atoms with van der Waals surface area (Å²) in [4.78, 5) is 18.0. The zero-order chi connectivity index (χ0) is 21.3. The molecule has 1 aromatic heterocycles. The number of thioether (sulfide) groups is 1. The second-order valence-corrected chi connectivity index (χ2v) is 8.44. The van der Waals surface area contributed by atoms with Crippen molar-refractivity contribution >= 4 is 29.0 Å². The van der Waals surface area contributed by atoms with Crippen LogP contribution in [0.1, 0.15) is 26.6 Å². The number of thiazole rings is 1. The van der Waals surface area contributed by atoms with Crippen LogP contribution in [0.5, 0.6) is 11.5 Å². The molecule has 0 atom stereocenters. The van der Waals surface area contributed by atoms with Crippen LogP contribution in [0.15, 0.2) is 52.7 Å². The highest BCUT2D eigenvalue weighted by Gasteiger charge is 2.09. The van der Waals surface area contributed by atoms with Crippen molar-refractivity contribution in [2.24, 2.45) is 0 Å². The first-order valence-corrected chi connectivity index (χ1v) is 11.1. The van der Waals surface area contributed by atoms with E-state index in [2.05, 4.69) is 21.6 Å². The van der Waals surface area contributed by atoms with Crippen LogP contribution in [0.4, 0.5) is 0 Å². The summed E-state index contributed by atoms with van der Waals surface area (Å²) in [5.74, 6) is 4.26. The molecule has 0 aliphatic carbocycles. The third kappa shape index (κ3) is 6.02. The Balaban J connectivity index is 1.55. The van der Waals surface area contributed by atoms with E-state index in [1.54, 1.807) is 36.3 Å². The second kappa shape index (κ2) is 10.7. The van der Waals surface area contributed by atoms with Crippen LogP contribution < -0.4 is 14.8 Å². The summed E-state index contributed by atoms with van der Waals surface area (Å²) in [7, 11) is 1.57. The van der Waals surface area contributed by atoms with Gasteiger partial charge in [-0.1, -0.05) is 12.0 Å². The molecule has 0 aliphatic rings. The van der Waals surface area contributed by atoms with Gasteiger partial charge in [-0.05, 0) is 48.9 Å². The molecule has 0 aliphatic heterocycles.